The summed E-state index contributed by atoms with van der Waals surface area (Å²) in [5.74, 6) is 0.696. The maximum Gasteiger partial charge on any atom is 0.160 e. The Hall–Kier alpha value is -7.04. The highest BCUT2D eigenvalue weighted by Gasteiger charge is 2.17. The lowest BCUT2D eigenvalue weighted by molar-refractivity contribution is 1.18. The van der Waals surface area contributed by atoms with E-state index >= 15 is 0 Å². The van der Waals surface area contributed by atoms with Crippen molar-refractivity contribution in [2.75, 3.05) is 0 Å². The van der Waals surface area contributed by atoms with Gasteiger partial charge in [-0.25, -0.2) is 9.97 Å². The lowest BCUT2D eigenvalue weighted by Crippen LogP contribution is -1.96. The number of hydrogen-bond acceptors (Lipinski definition) is 4. The summed E-state index contributed by atoms with van der Waals surface area (Å²) in [7, 11) is 0. The van der Waals surface area contributed by atoms with Gasteiger partial charge in [0.25, 0.3) is 0 Å². The van der Waals surface area contributed by atoms with Gasteiger partial charge in [0.2, 0.25) is 0 Å². The van der Waals surface area contributed by atoms with Gasteiger partial charge in [-0.3, -0.25) is 9.97 Å². The van der Waals surface area contributed by atoms with E-state index in [1.165, 1.54) is 10.8 Å². The molecule has 0 unspecified atom stereocenters. The van der Waals surface area contributed by atoms with Crippen LogP contribution in [0.1, 0.15) is 0 Å². The molecular weight excluding hydrogens is 633 g/mol. The molecule has 0 N–H and O–H groups in total. The van der Waals surface area contributed by atoms with Crippen LogP contribution in [-0.2, 0) is 0 Å². The van der Waals surface area contributed by atoms with E-state index in [9.17, 15) is 0 Å². The second-order valence-electron chi connectivity index (χ2n) is 12.7. The molecule has 6 aromatic carbocycles. The first-order valence-electron chi connectivity index (χ1n) is 17.4. The van der Waals surface area contributed by atoms with Crippen molar-refractivity contribution < 1.29 is 0 Å². The van der Waals surface area contributed by atoms with Crippen LogP contribution in [0.2, 0.25) is 0 Å². The lowest BCUT2D eigenvalue weighted by Gasteiger charge is -2.17. The molecule has 0 radical (unpaired) electrons. The number of aromatic nitrogens is 4. The summed E-state index contributed by atoms with van der Waals surface area (Å²) in [4.78, 5) is 19.6. The van der Waals surface area contributed by atoms with Gasteiger partial charge < -0.3 is 0 Å². The molecule has 0 bridgehead atoms. The zero-order valence-electron chi connectivity index (χ0n) is 28.3. The zero-order valence-corrected chi connectivity index (χ0v) is 28.3. The third-order valence-electron chi connectivity index (χ3n) is 9.37. The van der Waals surface area contributed by atoms with Crippen LogP contribution in [0.4, 0.5) is 0 Å². The van der Waals surface area contributed by atoms with Gasteiger partial charge in [-0.05, 0) is 87.6 Å². The molecule has 3 heterocycles. The third kappa shape index (κ3) is 6.14. The SMILES string of the molecule is c1ccc(-c2cc(-c3cccc(-c4c(-c5cc(-c6ccccn6)cc(-c6ccccn6)c5)ccc5ccccc45)c3)nc(-c3ccccc3)n2)cc1. The number of pyridine rings is 2. The van der Waals surface area contributed by atoms with Crippen LogP contribution in [0.5, 0.6) is 0 Å². The fourth-order valence-corrected chi connectivity index (χ4v) is 6.87. The van der Waals surface area contributed by atoms with Crippen molar-refractivity contribution in [3.63, 3.8) is 0 Å². The summed E-state index contributed by atoms with van der Waals surface area (Å²) in [6.07, 6.45) is 3.68. The topological polar surface area (TPSA) is 51.6 Å². The molecule has 4 nitrogen and oxygen atoms in total. The summed E-state index contributed by atoms with van der Waals surface area (Å²) < 4.78 is 0. The monoisotopic (exact) mass is 664 g/mol. The molecule has 0 atom stereocenters. The molecule has 9 aromatic rings. The van der Waals surface area contributed by atoms with Crippen LogP contribution in [0.25, 0.3) is 89.4 Å². The van der Waals surface area contributed by atoms with Gasteiger partial charge >= 0.3 is 0 Å². The summed E-state index contributed by atoms with van der Waals surface area (Å²) >= 11 is 0. The Labute approximate surface area is 302 Å². The second kappa shape index (κ2) is 13.7. The van der Waals surface area contributed by atoms with Crippen LogP contribution < -0.4 is 0 Å². The van der Waals surface area contributed by atoms with Crippen molar-refractivity contribution in [3.05, 3.63) is 194 Å². The summed E-state index contributed by atoms with van der Waals surface area (Å²) in [5, 5.41) is 2.36. The number of benzene rings is 6. The fourth-order valence-electron chi connectivity index (χ4n) is 6.87. The van der Waals surface area contributed by atoms with E-state index in [0.717, 1.165) is 72.8 Å². The highest BCUT2D eigenvalue weighted by Crippen LogP contribution is 2.42. The zero-order chi connectivity index (χ0) is 34.7. The predicted molar refractivity (Wildman–Crippen MR) is 213 cm³/mol. The minimum Gasteiger partial charge on any atom is -0.256 e. The molecule has 0 aliphatic heterocycles. The van der Waals surface area contributed by atoms with Crippen molar-refractivity contribution in [3.8, 4) is 78.7 Å². The second-order valence-corrected chi connectivity index (χ2v) is 12.7. The first-order valence-corrected chi connectivity index (χ1v) is 17.4. The normalized spacial score (nSPS) is 11.1. The fraction of sp³-hybridized carbons (Fsp3) is 0. The predicted octanol–water partition coefficient (Wildman–Crippen LogP) is 12.1. The highest BCUT2D eigenvalue weighted by atomic mass is 14.9. The van der Waals surface area contributed by atoms with E-state index < -0.39 is 0 Å². The minimum atomic E-state index is 0.696. The summed E-state index contributed by atoms with van der Waals surface area (Å²) in [6.45, 7) is 0. The molecule has 0 aliphatic rings. The Morgan fingerprint density at radius 3 is 1.52 bits per heavy atom. The first kappa shape index (κ1) is 31.0. The number of rotatable bonds is 7. The minimum absolute atomic E-state index is 0.696. The van der Waals surface area contributed by atoms with Gasteiger partial charge in [0.15, 0.2) is 5.82 Å². The van der Waals surface area contributed by atoms with Crippen molar-refractivity contribution in [2.24, 2.45) is 0 Å². The Balaban J connectivity index is 1.25. The molecule has 4 heteroatoms. The van der Waals surface area contributed by atoms with Gasteiger partial charge in [-0.1, -0.05) is 127 Å². The van der Waals surface area contributed by atoms with Gasteiger partial charge in [0.05, 0.1) is 22.8 Å². The van der Waals surface area contributed by atoms with Crippen LogP contribution in [-0.4, -0.2) is 19.9 Å². The molecule has 0 saturated carbocycles. The summed E-state index contributed by atoms with van der Waals surface area (Å²) in [5.41, 5.74) is 13.2. The van der Waals surface area contributed by atoms with Crippen LogP contribution in [0, 0.1) is 0 Å². The van der Waals surface area contributed by atoms with E-state index in [-0.39, 0.29) is 0 Å². The molecule has 0 aliphatic carbocycles. The van der Waals surface area contributed by atoms with Gasteiger partial charge in [0.1, 0.15) is 0 Å². The van der Waals surface area contributed by atoms with Gasteiger partial charge in [-0.15, -0.1) is 0 Å². The maximum absolute atomic E-state index is 5.14. The van der Waals surface area contributed by atoms with E-state index in [4.69, 9.17) is 19.9 Å². The quantitative estimate of drug-likeness (QED) is 0.170. The Morgan fingerprint density at radius 1 is 0.308 bits per heavy atom. The lowest BCUT2D eigenvalue weighted by atomic mass is 9.87. The number of nitrogens with zero attached hydrogens (tertiary/aromatic N) is 4. The van der Waals surface area contributed by atoms with Crippen LogP contribution in [0.15, 0.2) is 194 Å². The van der Waals surface area contributed by atoms with Crippen molar-refractivity contribution >= 4 is 10.8 Å². The Bertz CT molecular complexity index is 2540. The first-order chi connectivity index (χ1) is 25.8. The van der Waals surface area contributed by atoms with Gasteiger partial charge in [0, 0.05) is 40.2 Å². The molecule has 3 aromatic heterocycles. The van der Waals surface area contributed by atoms with Crippen molar-refractivity contribution in [1.82, 2.24) is 19.9 Å². The third-order valence-corrected chi connectivity index (χ3v) is 9.37. The molecular formula is C48H32N4. The largest absolute Gasteiger partial charge is 0.256 e. The van der Waals surface area contributed by atoms with Crippen molar-refractivity contribution in [2.45, 2.75) is 0 Å². The van der Waals surface area contributed by atoms with E-state index in [1.54, 1.807) is 0 Å². The molecule has 0 saturated heterocycles. The molecule has 0 fully saturated rings. The maximum atomic E-state index is 5.14. The Kier molecular flexibility index (Phi) is 8.16. The molecule has 244 valence electrons. The van der Waals surface area contributed by atoms with E-state index in [0.29, 0.717) is 5.82 Å². The average Bonchev–Trinajstić information content (AvgIpc) is 3.24. The van der Waals surface area contributed by atoms with E-state index in [1.807, 2.05) is 73.1 Å². The van der Waals surface area contributed by atoms with Crippen LogP contribution in [0.3, 0.4) is 0 Å². The smallest absolute Gasteiger partial charge is 0.160 e. The molecule has 0 amide bonds. The molecule has 9 rings (SSSR count). The number of fused-ring (bicyclic) bond motifs is 1. The Morgan fingerprint density at radius 2 is 0.846 bits per heavy atom. The number of hydrogen-bond donors (Lipinski definition) is 0. The van der Waals surface area contributed by atoms with E-state index in [2.05, 4.69) is 121 Å². The summed E-state index contributed by atoms with van der Waals surface area (Å²) in [6, 6.07) is 63.1. The molecule has 52 heavy (non-hydrogen) atoms. The van der Waals surface area contributed by atoms with Crippen molar-refractivity contribution in [1.29, 1.82) is 0 Å². The highest BCUT2D eigenvalue weighted by molar-refractivity contribution is 6.05. The van der Waals surface area contributed by atoms with Crippen LogP contribution >= 0.6 is 0 Å². The van der Waals surface area contributed by atoms with Gasteiger partial charge in [-0.2, -0.15) is 0 Å². The standard InChI is InChI=1S/C48H32N4/c1-3-15-34(16-4-1)45-32-46(52-48(51-45)35-17-5-2-6-18-35)36-19-13-20-37(28-36)47-41-21-8-7-14-33(41)24-25-42(47)38-29-39(43-22-9-11-26-49-43)31-40(30-38)44-23-10-12-27-50-44/h1-32H. The average molecular weight is 665 g/mol. The molecule has 0 spiro atoms.